The van der Waals surface area contributed by atoms with Gasteiger partial charge in [-0.1, -0.05) is 6.08 Å². The van der Waals surface area contributed by atoms with Crippen LogP contribution in [-0.4, -0.2) is 34.3 Å². The van der Waals surface area contributed by atoms with Crippen molar-refractivity contribution in [2.24, 2.45) is 0 Å². The molecule has 0 aliphatic carbocycles. The second-order valence-electron chi connectivity index (χ2n) is 3.30. The van der Waals surface area contributed by atoms with Gasteiger partial charge in [0.2, 0.25) is 0 Å². The van der Waals surface area contributed by atoms with Crippen LogP contribution >= 0.6 is 15.9 Å². The van der Waals surface area contributed by atoms with E-state index in [1.165, 1.54) is 0 Å². The number of halogens is 1. The number of rotatable bonds is 3. The molecule has 13 heavy (non-hydrogen) atoms. The van der Waals surface area contributed by atoms with Crippen molar-refractivity contribution in [3.8, 4) is 0 Å². The lowest BCUT2D eigenvalue weighted by Gasteiger charge is -2.38. The zero-order valence-electron chi connectivity index (χ0n) is 7.36. The number of aromatic nitrogens is 2. The average molecular weight is 242 g/mol. The Kier molecular flexibility index (Phi) is 2.51. The summed E-state index contributed by atoms with van der Waals surface area (Å²) in [6.07, 6.45) is 5.79. The van der Waals surface area contributed by atoms with Crippen LogP contribution in [0.3, 0.4) is 0 Å². The Hall–Kier alpha value is -0.610. The maximum absolute atomic E-state index is 4.25. The molecule has 1 aliphatic heterocycles. The van der Waals surface area contributed by atoms with E-state index >= 15 is 0 Å². The molecule has 0 amide bonds. The standard InChI is InChI=1S/C9H12BrN3/c1-2-3-12-6-9(7-12)13-5-8(10)4-11-13/h2,4-5,9H,1,3,6-7H2. The van der Waals surface area contributed by atoms with Gasteiger partial charge >= 0.3 is 0 Å². The molecule has 0 atom stereocenters. The third-order valence-electron chi connectivity index (χ3n) is 2.27. The van der Waals surface area contributed by atoms with Gasteiger partial charge in [0.15, 0.2) is 0 Å². The SMILES string of the molecule is C=CCN1CC(n2cc(Br)cn2)C1. The monoisotopic (exact) mass is 241 g/mol. The second kappa shape index (κ2) is 3.64. The van der Waals surface area contributed by atoms with Crippen molar-refractivity contribution in [2.75, 3.05) is 19.6 Å². The fourth-order valence-electron chi connectivity index (χ4n) is 1.56. The quantitative estimate of drug-likeness (QED) is 0.752. The van der Waals surface area contributed by atoms with Crippen LogP contribution in [0.2, 0.25) is 0 Å². The molecule has 70 valence electrons. The van der Waals surface area contributed by atoms with Crippen LogP contribution in [0.25, 0.3) is 0 Å². The largest absolute Gasteiger partial charge is 0.295 e. The highest BCUT2D eigenvalue weighted by atomic mass is 79.9. The van der Waals surface area contributed by atoms with Gasteiger partial charge in [-0.2, -0.15) is 5.10 Å². The van der Waals surface area contributed by atoms with Gasteiger partial charge in [0.1, 0.15) is 0 Å². The molecule has 1 aromatic rings. The first-order valence-electron chi connectivity index (χ1n) is 4.32. The van der Waals surface area contributed by atoms with Crippen molar-refractivity contribution in [1.82, 2.24) is 14.7 Å². The predicted molar refractivity (Wildman–Crippen MR) is 55.6 cm³/mol. The van der Waals surface area contributed by atoms with Crippen LogP contribution in [0, 0.1) is 0 Å². The average Bonchev–Trinajstić information content (AvgIpc) is 2.43. The fourth-order valence-corrected chi connectivity index (χ4v) is 1.86. The molecule has 0 saturated carbocycles. The van der Waals surface area contributed by atoms with Gasteiger partial charge in [-0.3, -0.25) is 9.58 Å². The summed E-state index contributed by atoms with van der Waals surface area (Å²) < 4.78 is 3.07. The molecule has 0 radical (unpaired) electrons. The van der Waals surface area contributed by atoms with Crippen LogP contribution in [0.4, 0.5) is 0 Å². The van der Waals surface area contributed by atoms with Crippen LogP contribution in [0.15, 0.2) is 29.5 Å². The van der Waals surface area contributed by atoms with Gasteiger partial charge in [0.05, 0.1) is 16.7 Å². The van der Waals surface area contributed by atoms with E-state index in [0.717, 1.165) is 24.1 Å². The molecule has 0 bridgehead atoms. The molecule has 0 unspecified atom stereocenters. The highest BCUT2D eigenvalue weighted by Gasteiger charge is 2.27. The van der Waals surface area contributed by atoms with Crippen molar-refractivity contribution in [1.29, 1.82) is 0 Å². The van der Waals surface area contributed by atoms with Gasteiger partial charge in [-0.05, 0) is 15.9 Å². The van der Waals surface area contributed by atoms with Crippen molar-refractivity contribution in [3.63, 3.8) is 0 Å². The van der Waals surface area contributed by atoms with E-state index in [1.54, 1.807) is 0 Å². The third-order valence-corrected chi connectivity index (χ3v) is 2.68. The number of likely N-dealkylation sites (tertiary alicyclic amines) is 1. The summed E-state index contributed by atoms with van der Waals surface area (Å²) in [6.45, 7) is 6.86. The second-order valence-corrected chi connectivity index (χ2v) is 4.22. The van der Waals surface area contributed by atoms with Crippen LogP contribution in [-0.2, 0) is 0 Å². The van der Waals surface area contributed by atoms with Gasteiger partial charge in [0.25, 0.3) is 0 Å². The first kappa shape index (κ1) is 8.97. The molecule has 1 saturated heterocycles. The van der Waals surface area contributed by atoms with E-state index in [2.05, 4.69) is 32.5 Å². The molecule has 2 heterocycles. The van der Waals surface area contributed by atoms with Gasteiger partial charge < -0.3 is 0 Å². The normalized spacial score (nSPS) is 18.5. The minimum Gasteiger partial charge on any atom is -0.295 e. The zero-order chi connectivity index (χ0) is 9.26. The minimum absolute atomic E-state index is 0.547. The maximum Gasteiger partial charge on any atom is 0.0773 e. The smallest absolute Gasteiger partial charge is 0.0773 e. The van der Waals surface area contributed by atoms with E-state index < -0.39 is 0 Å². The van der Waals surface area contributed by atoms with E-state index in [1.807, 2.05) is 23.2 Å². The lowest BCUT2D eigenvalue weighted by Crippen LogP contribution is -2.47. The highest BCUT2D eigenvalue weighted by Crippen LogP contribution is 2.21. The molecular weight excluding hydrogens is 230 g/mol. The number of hydrogen-bond acceptors (Lipinski definition) is 2. The summed E-state index contributed by atoms with van der Waals surface area (Å²) in [7, 11) is 0. The lowest BCUT2D eigenvalue weighted by atomic mass is 10.1. The molecule has 4 heteroatoms. The third kappa shape index (κ3) is 1.84. The Morgan fingerprint density at radius 2 is 2.46 bits per heavy atom. The topological polar surface area (TPSA) is 21.1 Å². The van der Waals surface area contributed by atoms with Crippen molar-refractivity contribution >= 4 is 15.9 Å². The number of hydrogen-bond donors (Lipinski definition) is 0. The first-order chi connectivity index (χ1) is 6.29. The van der Waals surface area contributed by atoms with Gasteiger partial charge in [0, 0.05) is 25.8 Å². The van der Waals surface area contributed by atoms with E-state index in [9.17, 15) is 0 Å². The van der Waals surface area contributed by atoms with Crippen molar-refractivity contribution in [3.05, 3.63) is 29.5 Å². The van der Waals surface area contributed by atoms with Gasteiger partial charge in [-0.15, -0.1) is 6.58 Å². The summed E-state index contributed by atoms with van der Waals surface area (Å²) >= 11 is 3.39. The molecule has 2 rings (SSSR count). The van der Waals surface area contributed by atoms with E-state index in [-0.39, 0.29) is 0 Å². The summed E-state index contributed by atoms with van der Waals surface area (Å²) in [4.78, 5) is 2.34. The molecule has 0 spiro atoms. The fraction of sp³-hybridized carbons (Fsp3) is 0.444. The highest BCUT2D eigenvalue weighted by molar-refractivity contribution is 9.10. The summed E-state index contributed by atoms with van der Waals surface area (Å²) in [5.74, 6) is 0. The number of nitrogens with zero attached hydrogens (tertiary/aromatic N) is 3. The zero-order valence-corrected chi connectivity index (χ0v) is 8.94. The Morgan fingerprint density at radius 3 is 3.00 bits per heavy atom. The predicted octanol–water partition coefficient (Wildman–Crippen LogP) is 1.69. The van der Waals surface area contributed by atoms with Crippen LogP contribution < -0.4 is 0 Å². The first-order valence-corrected chi connectivity index (χ1v) is 5.12. The van der Waals surface area contributed by atoms with Crippen LogP contribution in [0.1, 0.15) is 6.04 Å². The van der Waals surface area contributed by atoms with Crippen molar-refractivity contribution < 1.29 is 0 Å². The molecular formula is C9H12BrN3. The Labute approximate surface area is 86.2 Å². The van der Waals surface area contributed by atoms with E-state index in [0.29, 0.717) is 6.04 Å². The van der Waals surface area contributed by atoms with E-state index in [4.69, 9.17) is 0 Å². The van der Waals surface area contributed by atoms with Crippen LogP contribution in [0.5, 0.6) is 0 Å². The Morgan fingerprint density at radius 1 is 1.69 bits per heavy atom. The summed E-state index contributed by atoms with van der Waals surface area (Å²) in [5.41, 5.74) is 0. The minimum atomic E-state index is 0.547. The Balaban J connectivity index is 1.89. The lowest BCUT2D eigenvalue weighted by molar-refractivity contribution is 0.113. The molecule has 3 nitrogen and oxygen atoms in total. The van der Waals surface area contributed by atoms with Crippen molar-refractivity contribution in [2.45, 2.75) is 6.04 Å². The molecule has 1 aromatic heterocycles. The molecule has 0 N–H and O–H groups in total. The Bertz CT molecular complexity index is 302. The summed E-state index contributed by atoms with van der Waals surface area (Å²) in [6, 6.07) is 0.547. The maximum atomic E-state index is 4.25. The molecule has 1 fully saturated rings. The molecule has 1 aliphatic rings. The van der Waals surface area contributed by atoms with Gasteiger partial charge in [-0.25, -0.2) is 0 Å². The molecule has 0 aromatic carbocycles. The summed E-state index contributed by atoms with van der Waals surface area (Å²) in [5, 5.41) is 4.25.